The van der Waals surface area contributed by atoms with E-state index in [9.17, 15) is 4.79 Å². The highest BCUT2D eigenvalue weighted by Gasteiger charge is 2.19. The molecule has 0 unspecified atom stereocenters. The van der Waals surface area contributed by atoms with E-state index in [1.165, 1.54) is 0 Å². The number of hydrogen-bond acceptors (Lipinski definition) is 5. The number of aromatic nitrogens is 4. The maximum atomic E-state index is 12.8. The quantitative estimate of drug-likeness (QED) is 0.470. The molecule has 0 saturated heterocycles. The van der Waals surface area contributed by atoms with Gasteiger partial charge in [0, 0.05) is 16.3 Å². The first-order valence-corrected chi connectivity index (χ1v) is 10.2. The number of nitrogens with one attached hydrogen (secondary N) is 1. The lowest BCUT2D eigenvalue weighted by Gasteiger charge is -2.08. The van der Waals surface area contributed by atoms with Crippen molar-refractivity contribution in [2.45, 2.75) is 34.2 Å². The summed E-state index contributed by atoms with van der Waals surface area (Å²) in [4.78, 5) is 17.3. The molecule has 1 amide bonds. The number of benzene rings is 2. The monoisotopic (exact) mass is 435 g/mol. The van der Waals surface area contributed by atoms with Crippen molar-refractivity contribution in [3.63, 3.8) is 0 Å². The molecule has 2 heterocycles. The molecule has 1 N–H and O–H groups in total. The van der Waals surface area contributed by atoms with Gasteiger partial charge in [-0.1, -0.05) is 40.6 Å². The summed E-state index contributed by atoms with van der Waals surface area (Å²) in [6, 6.07) is 13.2. The van der Waals surface area contributed by atoms with Crippen molar-refractivity contribution < 1.29 is 9.21 Å². The summed E-state index contributed by atoms with van der Waals surface area (Å²) in [6.45, 7) is 7.96. The number of halogens is 1. The molecule has 0 atom stereocenters. The minimum atomic E-state index is -0.299. The van der Waals surface area contributed by atoms with Gasteiger partial charge in [-0.15, -0.1) is 5.10 Å². The summed E-state index contributed by atoms with van der Waals surface area (Å²) in [5.41, 5.74) is 5.31. The van der Waals surface area contributed by atoms with Gasteiger partial charge in [0.15, 0.2) is 5.69 Å². The number of rotatable bonds is 5. The fraction of sp³-hybridized carbons (Fsp3) is 0.217. The number of anilines is 1. The van der Waals surface area contributed by atoms with Gasteiger partial charge >= 0.3 is 0 Å². The molecule has 0 aliphatic rings. The van der Waals surface area contributed by atoms with Crippen LogP contribution in [0, 0.1) is 27.7 Å². The molecule has 4 rings (SSSR count). The van der Waals surface area contributed by atoms with E-state index in [1.807, 2.05) is 58.0 Å². The predicted molar refractivity (Wildman–Crippen MR) is 119 cm³/mol. The molecule has 8 heteroatoms. The van der Waals surface area contributed by atoms with E-state index in [4.69, 9.17) is 16.0 Å². The summed E-state index contributed by atoms with van der Waals surface area (Å²) in [6.07, 6.45) is 0. The van der Waals surface area contributed by atoms with E-state index in [2.05, 4.69) is 20.6 Å². The zero-order valence-corrected chi connectivity index (χ0v) is 18.5. The third kappa shape index (κ3) is 4.36. The Morgan fingerprint density at radius 3 is 2.68 bits per heavy atom. The fourth-order valence-corrected chi connectivity index (χ4v) is 3.51. The number of oxazole rings is 1. The molecule has 0 spiro atoms. The maximum Gasteiger partial charge on any atom is 0.278 e. The van der Waals surface area contributed by atoms with Gasteiger partial charge in [0.25, 0.3) is 5.91 Å². The molecule has 2 aromatic carbocycles. The average Bonchev–Trinajstić information content (AvgIpc) is 3.27. The van der Waals surface area contributed by atoms with Crippen LogP contribution in [0.15, 0.2) is 46.9 Å². The number of nitrogens with zero attached hydrogens (tertiary/aromatic N) is 4. The Morgan fingerprint density at radius 2 is 1.94 bits per heavy atom. The number of aryl methyl sites for hydroxylation is 3. The van der Waals surface area contributed by atoms with E-state index < -0.39 is 0 Å². The van der Waals surface area contributed by atoms with Crippen molar-refractivity contribution in [3.05, 3.63) is 81.5 Å². The van der Waals surface area contributed by atoms with Crippen LogP contribution in [0.2, 0.25) is 5.02 Å². The standard InChI is InChI=1S/C23H22ClN5O2/c1-13-8-9-19(14(2)10-13)25-22(30)21-15(3)29(28-27-21)12-20-16(4)31-23(26-20)17-6-5-7-18(24)11-17/h5-11H,12H2,1-4H3,(H,25,30). The van der Waals surface area contributed by atoms with Crippen LogP contribution >= 0.6 is 11.6 Å². The predicted octanol–water partition coefficient (Wildman–Crippen LogP) is 5.12. The average molecular weight is 436 g/mol. The van der Waals surface area contributed by atoms with Crippen LogP contribution in [-0.2, 0) is 6.54 Å². The molecule has 158 valence electrons. The largest absolute Gasteiger partial charge is 0.441 e. The van der Waals surface area contributed by atoms with Crippen molar-refractivity contribution in [2.24, 2.45) is 0 Å². The second kappa shape index (κ2) is 8.35. The highest BCUT2D eigenvalue weighted by atomic mass is 35.5. The summed E-state index contributed by atoms with van der Waals surface area (Å²) in [7, 11) is 0. The van der Waals surface area contributed by atoms with Gasteiger partial charge in [-0.3, -0.25) is 4.79 Å². The molecule has 0 aliphatic heterocycles. The number of hydrogen-bond donors (Lipinski definition) is 1. The van der Waals surface area contributed by atoms with Crippen LogP contribution in [0.4, 0.5) is 5.69 Å². The minimum absolute atomic E-state index is 0.274. The van der Waals surface area contributed by atoms with Gasteiger partial charge in [-0.05, 0) is 57.5 Å². The molecule has 0 bridgehead atoms. The molecular formula is C23H22ClN5O2. The number of amides is 1. The maximum absolute atomic E-state index is 12.8. The van der Waals surface area contributed by atoms with Crippen LogP contribution in [0.5, 0.6) is 0 Å². The Kier molecular flexibility index (Phi) is 5.61. The Bertz CT molecular complexity index is 1270. The molecule has 0 aliphatic carbocycles. The van der Waals surface area contributed by atoms with Gasteiger partial charge in [0.2, 0.25) is 5.89 Å². The Balaban J connectivity index is 1.54. The van der Waals surface area contributed by atoms with Crippen LogP contribution in [-0.4, -0.2) is 25.9 Å². The van der Waals surface area contributed by atoms with E-state index >= 15 is 0 Å². The third-order valence-corrected chi connectivity index (χ3v) is 5.33. The van der Waals surface area contributed by atoms with Crippen molar-refractivity contribution in [3.8, 4) is 11.5 Å². The smallest absolute Gasteiger partial charge is 0.278 e. The molecule has 31 heavy (non-hydrogen) atoms. The lowest BCUT2D eigenvalue weighted by atomic mass is 10.1. The lowest BCUT2D eigenvalue weighted by Crippen LogP contribution is -2.15. The Labute approximate surface area is 185 Å². The zero-order valence-electron chi connectivity index (χ0n) is 17.7. The summed E-state index contributed by atoms with van der Waals surface area (Å²) in [5.74, 6) is 0.860. The van der Waals surface area contributed by atoms with Gasteiger partial charge in [-0.25, -0.2) is 9.67 Å². The molecule has 0 fully saturated rings. The van der Waals surface area contributed by atoms with Gasteiger partial charge in [0.05, 0.1) is 12.2 Å². The topological polar surface area (TPSA) is 85.8 Å². The molecule has 7 nitrogen and oxygen atoms in total. The fourth-order valence-electron chi connectivity index (χ4n) is 3.32. The van der Waals surface area contributed by atoms with Crippen LogP contribution in [0.1, 0.15) is 38.8 Å². The van der Waals surface area contributed by atoms with Crippen molar-refractivity contribution in [1.82, 2.24) is 20.0 Å². The van der Waals surface area contributed by atoms with Crippen LogP contribution in [0.25, 0.3) is 11.5 Å². The molecule has 2 aromatic heterocycles. The summed E-state index contributed by atoms with van der Waals surface area (Å²) in [5, 5.41) is 11.8. The summed E-state index contributed by atoms with van der Waals surface area (Å²) >= 11 is 6.07. The first-order chi connectivity index (χ1) is 14.8. The van der Waals surface area contributed by atoms with E-state index in [1.54, 1.807) is 16.8 Å². The van der Waals surface area contributed by atoms with Crippen molar-refractivity contribution in [1.29, 1.82) is 0 Å². The van der Waals surface area contributed by atoms with Gasteiger partial charge in [0.1, 0.15) is 11.5 Å². The van der Waals surface area contributed by atoms with E-state index in [0.717, 1.165) is 22.4 Å². The second-order valence-corrected chi connectivity index (χ2v) is 7.92. The zero-order chi connectivity index (χ0) is 22.1. The molecule has 0 radical (unpaired) electrons. The van der Waals surface area contributed by atoms with Crippen molar-refractivity contribution in [2.75, 3.05) is 5.32 Å². The van der Waals surface area contributed by atoms with Crippen LogP contribution < -0.4 is 5.32 Å². The number of carbonyl (C=O) groups is 1. The second-order valence-electron chi connectivity index (χ2n) is 7.49. The third-order valence-electron chi connectivity index (χ3n) is 5.09. The van der Waals surface area contributed by atoms with E-state index in [0.29, 0.717) is 34.6 Å². The Morgan fingerprint density at radius 1 is 1.13 bits per heavy atom. The van der Waals surface area contributed by atoms with Gasteiger partial charge in [-0.2, -0.15) is 0 Å². The molecule has 0 saturated carbocycles. The lowest BCUT2D eigenvalue weighted by molar-refractivity contribution is 0.102. The molecular weight excluding hydrogens is 414 g/mol. The minimum Gasteiger partial charge on any atom is -0.441 e. The number of carbonyl (C=O) groups excluding carboxylic acids is 1. The normalized spacial score (nSPS) is 11.0. The van der Waals surface area contributed by atoms with Crippen molar-refractivity contribution >= 4 is 23.2 Å². The van der Waals surface area contributed by atoms with Crippen LogP contribution in [0.3, 0.4) is 0 Å². The highest BCUT2D eigenvalue weighted by molar-refractivity contribution is 6.30. The van der Waals surface area contributed by atoms with E-state index in [-0.39, 0.29) is 11.6 Å². The highest BCUT2D eigenvalue weighted by Crippen LogP contribution is 2.25. The SMILES string of the molecule is Cc1ccc(NC(=O)c2nnn(Cc3nc(-c4cccc(Cl)c4)oc3C)c2C)c(C)c1. The van der Waals surface area contributed by atoms with Gasteiger partial charge < -0.3 is 9.73 Å². The first-order valence-electron chi connectivity index (χ1n) is 9.82. The molecule has 4 aromatic rings. The summed E-state index contributed by atoms with van der Waals surface area (Å²) < 4.78 is 7.46. The Hall–Kier alpha value is -3.45. The first kappa shape index (κ1) is 20.8.